The van der Waals surface area contributed by atoms with E-state index in [-0.39, 0.29) is 16.8 Å². The molecule has 0 radical (unpaired) electrons. The quantitative estimate of drug-likeness (QED) is 0.576. The number of esters is 1. The minimum atomic E-state index is -0.355. The van der Waals surface area contributed by atoms with Gasteiger partial charge in [-0.1, -0.05) is 18.7 Å². The van der Waals surface area contributed by atoms with Gasteiger partial charge in [0.1, 0.15) is 0 Å². The summed E-state index contributed by atoms with van der Waals surface area (Å²) in [6.45, 7) is 1.76. The Morgan fingerprint density at radius 2 is 2.10 bits per heavy atom. The fourth-order valence-electron chi connectivity index (χ4n) is 0.300. The number of hydrogen-bond acceptors (Lipinski definition) is 4. The zero-order valence-electron chi connectivity index (χ0n) is 6.05. The fraction of sp³-hybridized carbons (Fsp3) is 0.667. The van der Waals surface area contributed by atoms with Crippen molar-refractivity contribution in [2.24, 2.45) is 0 Å². The number of carbonyl (C=O) groups is 2. The van der Waals surface area contributed by atoms with Crippen LogP contribution in [0.5, 0.6) is 0 Å². The van der Waals surface area contributed by atoms with E-state index in [1.54, 1.807) is 6.92 Å². The van der Waals surface area contributed by atoms with Crippen LogP contribution < -0.4 is 0 Å². The molecule has 0 saturated carbocycles. The predicted octanol–water partition coefficient (Wildman–Crippen LogP) is 0.829. The van der Waals surface area contributed by atoms with Crippen LogP contribution in [0.4, 0.5) is 0 Å². The first kappa shape index (κ1) is 9.49. The average Bonchev–Trinajstić information content (AvgIpc) is 1.99. The van der Waals surface area contributed by atoms with E-state index in [9.17, 15) is 9.59 Å². The van der Waals surface area contributed by atoms with Gasteiger partial charge in [-0.25, -0.2) is 0 Å². The van der Waals surface area contributed by atoms with Gasteiger partial charge in [0.2, 0.25) is 0 Å². The van der Waals surface area contributed by atoms with Crippen molar-refractivity contribution in [1.29, 1.82) is 0 Å². The van der Waals surface area contributed by atoms with E-state index < -0.39 is 0 Å². The summed E-state index contributed by atoms with van der Waals surface area (Å²) < 4.78 is 4.33. The third-order valence-corrected chi connectivity index (χ3v) is 1.86. The minimum absolute atomic E-state index is 0.0189. The maximum Gasteiger partial charge on any atom is 0.316 e. The lowest BCUT2D eigenvalue weighted by Crippen LogP contribution is -2.05. The highest BCUT2D eigenvalue weighted by Gasteiger charge is 2.04. The van der Waals surface area contributed by atoms with E-state index in [0.29, 0.717) is 6.42 Å². The highest BCUT2D eigenvalue weighted by Crippen LogP contribution is 2.04. The van der Waals surface area contributed by atoms with Crippen LogP contribution >= 0.6 is 11.8 Å². The molecule has 0 atom stereocenters. The monoisotopic (exact) mass is 162 g/mol. The summed E-state index contributed by atoms with van der Waals surface area (Å²) in [6.07, 6.45) is 0.460. The zero-order valence-corrected chi connectivity index (χ0v) is 6.86. The molecule has 4 heteroatoms. The molecule has 0 N–H and O–H groups in total. The van der Waals surface area contributed by atoms with Crippen LogP contribution in [-0.4, -0.2) is 23.9 Å². The number of rotatable bonds is 3. The van der Waals surface area contributed by atoms with Crippen molar-refractivity contribution in [2.75, 3.05) is 12.9 Å². The molecule has 0 bridgehead atoms. The summed E-state index contributed by atoms with van der Waals surface area (Å²) in [5.41, 5.74) is 0. The summed E-state index contributed by atoms with van der Waals surface area (Å²) in [5.74, 6) is -0.227. The minimum Gasteiger partial charge on any atom is -0.468 e. The average molecular weight is 162 g/mol. The van der Waals surface area contributed by atoms with Crippen molar-refractivity contribution in [2.45, 2.75) is 13.3 Å². The topological polar surface area (TPSA) is 43.4 Å². The van der Waals surface area contributed by atoms with Crippen LogP contribution in [0, 0.1) is 0 Å². The molecular formula is C6H10O3S. The molecule has 0 aliphatic heterocycles. The molecule has 0 amide bonds. The molecule has 0 aromatic carbocycles. The lowest BCUT2D eigenvalue weighted by molar-refractivity contribution is -0.137. The van der Waals surface area contributed by atoms with Crippen LogP contribution in [0.2, 0.25) is 0 Å². The molecule has 0 aromatic rings. The van der Waals surface area contributed by atoms with Gasteiger partial charge in [0.25, 0.3) is 0 Å². The van der Waals surface area contributed by atoms with Crippen molar-refractivity contribution in [3.63, 3.8) is 0 Å². The summed E-state index contributed by atoms with van der Waals surface area (Å²) in [4.78, 5) is 21.0. The highest BCUT2D eigenvalue weighted by molar-refractivity contribution is 8.14. The maximum atomic E-state index is 10.6. The SMILES string of the molecule is CCC(=O)SCC(=O)OC. The van der Waals surface area contributed by atoms with Gasteiger partial charge in [-0.05, 0) is 0 Å². The highest BCUT2D eigenvalue weighted by atomic mass is 32.2. The lowest BCUT2D eigenvalue weighted by Gasteiger charge is -1.95. The third kappa shape index (κ3) is 4.38. The van der Waals surface area contributed by atoms with Gasteiger partial charge < -0.3 is 4.74 Å². The number of methoxy groups -OCH3 is 1. The van der Waals surface area contributed by atoms with E-state index in [4.69, 9.17) is 0 Å². The molecule has 3 nitrogen and oxygen atoms in total. The number of thioether (sulfide) groups is 1. The van der Waals surface area contributed by atoms with Gasteiger partial charge in [0.05, 0.1) is 12.9 Å². The molecule has 58 valence electrons. The van der Waals surface area contributed by atoms with Gasteiger partial charge in [-0.3, -0.25) is 9.59 Å². The lowest BCUT2D eigenvalue weighted by atomic mass is 10.6. The van der Waals surface area contributed by atoms with Crippen molar-refractivity contribution in [1.82, 2.24) is 0 Å². The van der Waals surface area contributed by atoms with E-state index in [1.807, 2.05) is 0 Å². The molecule has 0 heterocycles. The Morgan fingerprint density at radius 1 is 1.50 bits per heavy atom. The molecule has 0 unspecified atom stereocenters. The number of hydrogen-bond donors (Lipinski definition) is 0. The van der Waals surface area contributed by atoms with Crippen molar-refractivity contribution in [3.05, 3.63) is 0 Å². The van der Waals surface area contributed by atoms with Crippen LogP contribution in [0.15, 0.2) is 0 Å². The first-order chi connectivity index (χ1) is 4.70. The third-order valence-electron chi connectivity index (χ3n) is 0.867. The van der Waals surface area contributed by atoms with Gasteiger partial charge in [0.15, 0.2) is 5.12 Å². The molecule has 0 rings (SSSR count). The normalized spacial score (nSPS) is 9.00. The van der Waals surface area contributed by atoms with Crippen molar-refractivity contribution >= 4 is 22.8 Å². The summed E-state index contributed by atoms with van der Waals surface area (Å²) >= 11 is 0.996. The Labute approximate surface area is 64.1 Å². The van der Waals surface area contributed by atoms with Gasteiger partial charge in [-0.2, -0.15) is 0 Å². The van der Waals surface area contributed by atoms with Gasteiger partial charge in [-0.15, -0.1) is 0 Å². The van der Waals surface area contributed by atoms with E-state index in [2.05, 4.69) is 4.74 Å². The largest absolute Gasteiger partial charge is 0.468 e. The molecule has 0 saturated heterocycles. The Morgan fingerprint density at radius 3 is 2.50 bits per heavy atom. The second kappa shape index (κ2) is 5.29. The van der Waals surface area contributed by atoms with Gasteiger partial charge >= 0.3 is 5.97 Å². The molecule has 0 aliphatic rings. The Kier molecular flexibility index (Phi) is 5.02. The summed E-state index contributed by atoms with van der Waals surface area (Å²) in [7, 11) is 1.30. The molecule has 0 fully saturated rings. The molecular weight excluding hydrogens is 152 g/mol. The van der Waals surface area contributed by atoms with Crippen LogP contribution in [0.3, 0.4) is 0 Å². The van der Waals surface area contributed by atoms with E-state index >= 15 is 0 Å². The van der Waals surface area contributed by atoms with Crippen LogP contribution in [0.1, 0.15) is 13.3 Å². The molecule has 0 spiro atoms. The van der Waals surface area contributed by atoms with Crippen molar-refractivity contribution < 1.29 is 14.3 Å². The second-order valence-electron chi connectivity index (χ2n) is 1.59. The predicted molar refractivity (Wildman–Crippen MR) is 39.8 cm³/mol. The van der Waals surface area contributed by atoms with E-state index in [0.717, 1.165) is 11.8 Å². The summed E-state index contributed by atoms with van der Waals surface area (Å²) in [6, 6.07) is 0. The second-order valence-corrected chi connectivity index (χ2v) is 2.62. The maximum absolute atomic E-state index is 10.6. The van der Waals surface area contributed by atoms with Crippen molar-refractivity contribution in [3.8, 4) is 0 Å². The first-order valence-corrected chi connectivity index (χ1v) is 3.91. The molecule has 0 aromatic heterocycles. The molecule has 0 aliphatic carbocycles. The van der Waals surface area contributed by atoms with Gasteiger partial charge in [0, 0.05) is 6.42 Å². The summed E-state index contributed by atoms with van der Waals surface area (Å²) in [5, 5.41) is 0.0189. The Bertz CT molecular complexity index is 117. The Hall–Kier alpha value is -0.510. The van der Waals surface area contributed by atoms with Crippen LogP contribution in [-0.2, 0) is 14.3 Å². The van der Waals surface area contributed by atoms with Crippen LogP contribution in [0.25, 0.3) is 0 Å². The fourth-order valence-corrected chi connectivity index (χ4v) is 0.901. The standard InChI is InChI=1S/C6H10O3S/c1-3-6(8)10-4-5(7)9-2/h3-4H2,1-2H3. The first-order valence-electron chi connectivity index (χ1n) is 2.93. The Balaban J connectivity index is 3.35. The molecule has 10 heavy (non-hydrogen) atoms. The number of ether oxygens (including phenoxy) is 1. The zero-order chi connectivity index (χ0) is 7.98. The van der Waals surface area contributed by atoms with E-state index in [1.165, 1.54) is 7.11 Å². The smallest absolute Gasteiger partial charge is 0.316 e. The number of carbonyl (C=O) groups excluding carboxylic acids is 2.